The van der Waals surface area contributed by atoms with Gasteiger partial charge in [0.15, 0.2) is 12.7 Å². The lowest BCUT2D eigenvalue weighted by atomic mass is 9.97. The summed E-state index contributed by atoms with van der Waals surface area (Å²) in [4.78, 5) is 23.8. The molecule has 2 unspecified atom stereocenters. The molecule has 6 nitrogen and oxygen atoms in total. The van der Waals surface area contributed by atoms with Gasteiger partial charge in [-0.05, 0) is 32.6 Å². The number of carbonyl (C=O) groups is 2. The van der Waals surface area contributed by atoms with Crippen LogP contribution in [0.4, 0.5) is 0 Å². The fraction of sp³-hybridized carbons (Fsp3) is 0.889. The maximum Gasteiger partial charge on any atom is 0.335 e. The Morgan fingerprint density at radius 1 is 1.08 bits per heavy atom. The van der Waals surface area contributed by atoms with Crippen molar-refractivity contribution in [1.29, 1.82) is 0 Å². The quantitative estimate of drug-likeness (QED) is 0.720. The molecule has 0 spiro atoms. The minimum absolute atomic E-state index is 0.0721. The Morgan fingerprint density at radius 3 is 2.46 bits per heavy atom. The van der Waals surface area contributed by atoms with Crippen molar-refractivity contribution in [2.75, 3.05) is 19.8 Å². The van der Waals surface area contributed by atoms with Crippen molar-refractivity contribution in [2.45, 2.75) is 83.0 Å². The number of carbonyl (C=O) groups excluding carboxylic acids is 2. The van der Waals surface area contributed by atoms with Crippen molar-refractivity contribution >= 4 is 11.9 Å². The Balaban J connectivity index is 1.59. The second kappa shape index (κ2) is 10.7. The zero-order chi connectivity index (χ0) is 17.2. The molecule has 0 aromatic heterocycles. The second-order valence-corrected chi connectivity index (χ2v) is 6.83. The molecule has 2 aliphatic rings. The first kappa shape index (κ1) is 19.2. The van der Waals surface area contributed by atoms with Gasteiger partial charge in [-0.2, -0.15) is 0 Å². The molecule has 1 saturated carbocycles. The van der Waals surface area contributed by atoms with E-state index in [9.17, 15) is 9.59 Å². The van der Waals surface area contributed by atoms with Gasteiger partial charge >= 0.3 is 5.97 Å². The minimum atomic E-state index is -0.677. The Hall–Kier alpha value is -1.14. The number of nitrogens with one attached hydrogen (secondary N) is 1. The third kappa shape index (κ3) is 7.18. The van der Waals surface area contributed by atoms with Crippen LogP contribution in [0.25, 0.3) is 0 Å². The summed E-state index contributed by atoms with van der Waals surface area (Å²) < 4.78 is 16.0. The molecule has 2 atom stereocenters. The van der Waals surface area contributed by atoms with Crippen LogP contribution in [0.3, 0.4) is 0 Å². The number of hydrogen-bond donors (Lipinski definition) is 1. The molecule has 24 heavy (non-hydrogen) atoms. The molecule has 1 saturated heterocycles. The third-order valence-electron chi connectivity index (χ3n) is 4.70. The van der Waals surface area contributed by atoms with Gasteiger partial charge in [-0.25, -0.2) is 4.79 Å². The van der Waals surface area contributed by atoms with E-state index in [1.165, 1.54) is 19.3 Å². The summed E-state index contributed by atoms with van der Waals surface area (Å²) in [6.45, 7) is 2.56. The predicted octanol–water partition coefficient (Wildman–Crippen LogP) is 2.34. The molecule has 0 aromatic rings. The molecule has 2 rings (SSSR count). The van der Waals surface area contributed by atoms with E-state index >= 15 is 0 Å². The zero-order valence-electron chi connectivity index (χ0n) is 14.8. The normalized spacial score (nSPS) is 24.0. The molecule has 138 valence electrons. The fourth-order valence-electron chi connectivity index (χ4n) is 3.22. The zero-order valence-corrected chi connectivity index (χ0v) is 14.8. The highest BCUT2D eigenvalue weighted by molar-refractivity contribution is 5.82. The smallest absolute Gasteiger partial charge is 0.335 e. The van der Waals surface area contributed by atoms with Gasteiger partial charge in [-0.3, -0.25) is 4.79 Å². The van der Waals surface area contributed by atoms with Crippen LogP contribution >= 0.6 is 0 Å². The fourth-order valence-corrected chi connectivity index (χ4v) is 3.22. The van der Waals surface area contributed by atoms with Crippen molar-refractivity contribution < 1.29 is 23.8 Å². The van der Waals surface area contributed by atoms with Crippen molar-refractivity contribution in [3.8, 4) is 0 Å². The highest BCUT2D eigenvalue weighted by Crippen LogP contribution is 2.17. The number of ether oxygens (including phenoxy) is 3. The first-order valence-corrected chi connectivity index (χ1v) is 9.34. The summed E-state index contributed by atoms with van der Waals surface area (Å²) in [7, 11) is 0. The van der Waals surface area contributed by atoms with Crippen molar-refractivity contribution in [1.82, 2.24) is 5.32 Å². The molecular weight excluding hydrogens is 310 g/mol. The largest absolute Gasteiger partial charge is 0.454 e. The van der Waals surface area contributed by atoms with Crippen molar-refractivity contribution in [3.05, 3.63) is 0 Å². The van der Waals surface area contributed by atoms with Gasteiger partial charge in [0.2, 0.25) is 0 Å². The van der Waals surface area contributed by atoms with Gasteiger partial charge in [0.25, 0.3) is 5.91 Å². The van der Waals surface area contributed by atoms with E-state index in [2.05, 4.69) is 5.32 Å². The maximum atomic E-state index is 12.0. The summed E-state index contributed by atoms with van der Waals surface area (Å²) in [6.07, 6.45) is 9.49. The van der Waals surface area contributed by atoms with Crippen molar-refractivity contribution in [2.24, 2.45) is 0 Å². The Bertz CT molecular complexity index is 387. The predicted molar refractivity (Wildman–Crippen MR) is 89.6 cm³/mol. The van der Waals surface area contributed by atoms with E-state index in [0.717, 1.165) is 45.1 Å². The topological polar surface area (TPSA) is 73.9 Å². The highest BCUT2D eigenvalue weighted by Gasteiger charge is 2.22. The average Bonchev–Trinajstić information content (AvgIpc) is 3.06. The Labute approximate surface area is 144 Å². The van der Waals surface area contributed by atoms with Gasteiger partial charge in [-0.15, -0.1) is 0 Å². The Morgan fingerprint density at radius 2 is 1.79 bits per heavy atom. The van der Waals surface area contributed by atoms with Crippen LogP contribution in [0.15, 0.2) is 0 Å². The first-order valence-electron chi connectivity index (χ1n) is 9.34. The summed E-state index contributed by atoms with van der Waals surface area (Å²) in [5.74, 6) is -0.721. The van der Waals surface area contributed by atoms with Gasteiger partial charge in [0.05, 0.1) is 12.7 Å². The second-order valence-electron chi connectivity index (χ2n) is 6.83. The molecule has 0 aromatic carbocycles. The van der Waals surface area contributed by atoms with Crippen LogP contribution in [0, 0.1) is 0 Å². The molecule has 1 N–H and O–H groups in total. The standard InChI is InChI=1S/C18H31NO5/c1-14(23-12-16-10-7-11-22-16)18(21)24-13-17(20)19-15-8-5-3-2-4-6-9-15/h14-16H,2-13H2,1H3,(H,19,20). The molecule has 0 bridgehead atoms. The van der Waals surface area contributed by atoms with Gasteiger partial charge in [0.1, 0.15) is 0 Å². The third-order valence-corrected chi connectivity index (χ3v) is 4.70. The molecule has 1 heterocycles. The van der Waals surface area contributed by atoms with Crippen LogP contribution in [0.1, 0.15) is 64.7 Å². The summed E-state index contributed by atoms with van der Waals surface area (Å²) in [5, 5.41) is 2.98. The monoisotopic (exact) mass is 341 g/mol. The van der Waals surface area contributed by atoms with E-state index < -0.39 is 12.1 Å². The number of esters is 1. The van der Waals surface area contributed by atoms with Crippen LogP contribution in [0.5, 0.6) is 0 Å². The van der Waals surface area contributed by atoms with Crippen LogP contribution < -0.4 is 5.32 Å². The van der Waals surface area contributed by atoms with Gasteiger partial charge in [-0.1, -0.05) is 32.1 Å². The van der Waals surface area contributed by atoms with Crippen LogP contribution in [-0.2, 0) is 23.8 Å². The van der Waals surface area contributed by atoms with E-state index in [0.29, 0.717) is 6.61 Å². The summed E-state index contributed by atoms with van der Waals surface area (Å²) >= 11 is 0. The lowest BCUT2D eigenvalue weighted by molar-refractivity contribution is -0.160. The Kier molecular flexibility index (Phi) is 8.53. The number of rotatable bonds is 7. The van der Waals surface area contributed by atoms with Crippen LogP contribution in [-0.4, -0.2) is 49.9 Å². The average molecular weight is 341 g/mol. The van der Waals surface area contributed by atoms with E-state index in [-0.39, 0.29) is 24.7 Å². The first-order chi connectivity index (χ1) is 11.6. The lowest BCUT2D eigenvalue weighted by Gasteiger charge is -2.21. The maximum absolute atomic E-state index is 12.0. The highest BCUT2D eigenvalue weighted by atomic mass is 16.6. The summed E-state index contributed by atoms with van der Waals surface area (Å²) in [5.41, 5.74) is 0. The van der Waals surface area contributed by atoms with Gasteiger partial charge < -0.3 is 19.5 Å². The molecular formula is C18H31NO5. The molecule has 2 fully saturated rings. The molecule has 1 aliphatic carbocycles. The molecule has 6 heteroatoms. The van der Waals surface area contributed by atoms with Crippen molar-refractivity contribution in [3.63, 3.8) is 0 Å². The van der Waals surface area contributed by atoms with E-state index in [1.54, 1.807) is 6.92 Å². The van der Waals surface area contributed by atoms with E-state index in [4.69, 9.17) is 14.2 Å². The van der Waals surface area contributed by atoms with Crippen LogP contribution in [0.2, 0.25) is 0 Å². The number of hydrogen-bond acceptors (Lipinski definition) is 5. The van der Waals surface area contributed by atoms with Gasteiger partial charge in [0, 0.05) is 12.6 Å². The summed E-state index contributed by atoms with van der Waals surface area (Å²) in [6, 6.07) is 0.213. The number of amides is 1. The SMILES string of the molecule is CC(OCC1CCCO1)C(=O)OCC(=O)NC1CCCCCCC1. The molecule has 0 radical (unpaired) electrons. The molecule has 1 aliphatic heterocycles. The minimum Gasteiger partial charge on any atom is -0.454 e. The lowest BCUT2D eigenvalue weighted by Crippen LogP contribution is -2.39. The van der Waals surface area contributed by atoms with E-state index in [1.807, 2.05) is 0 Å². The molecule has 1 amide bonds.